The van der Waals surface area contributed by atoms with E-state index in [-0.39, 0.29) is 22.6 Å². The monoisotopic (exact) mass is 222 g/mol. The van der Waals surface area contributed by atoms with Crippen molar-refractivity contribution in [3.63, 3.8) is 0 Å². The first-order chi connectivity index (χ1) is 6.09. The van der Waals surface area contributed by atoms with E-state index in [1.54, 1.807) is 0 Å². The molecule has 0 amide bonds. The van der Waals surface area contributed by atoms with E-state index in [2.05, 4.69) is 4.74 Å². The van der Waals surface area contributed by atoms with Gasteiger partial charge >= 0.3 is 11.9 Å². The van der Waals surface area contributed by atoms with E-state index in [0.29, 0.717) is 12.8 Å². The second kappa shape index (κ2) is 3.14. The van der Waals surface area contributed by atoms with Gasteiger partial charge in [-0.25, -0.2) is 0 Å². The number of hydrogen-bond donors (Lipinski definition) is 0. The molecule has 0 aromatic carbocycles. The Balaban J connectivity index is 2.19. The van der Waals surface area contributed by atoms with Crippen LogP contribution in [0.5, 0.6) is 0 Å². The van der Waals surface area contributed by atoms with Crippen molar-refractivity contribution in [1.82, 2.24) is 0 Å². The van der Waals surface area contributed by atoms with E-state index < -0.39 is 11.9 Å². The van der Waals surface area contributed by atoms with Crippen LogP contribution < -0.4 is 0 Å². The van der Waals surface area contributed by atoms with E-state index in [4.69, 9.17) is 23.2 Å². The van der Waals surface area contributed by atoms with Crippen molar-refractivity contribution in [2.24, 2.45) is 11.8 Å². The van der Waals surface area contributed by atoms with Gasteiger partial charge < -0.3 is 4.74 Å². The normalized spacial score (nSPS) is 44.5. The zero-order valence-corrected chi connectivity index (χ0v) is 8.22. The molecule has 4 atom stereocenters. The summed E-state index contributed by atoms with van der Waals surface area (Å²) in [5, 5.41) is -0.470. The number of carbonyl (C=O) groups is 2. The van der Waals surface area contributed by atoms with Gasteiger partial charge in [0.05, 0.1) is 22.6 Å². The van der Waals surface area contributed by atoms with Gasteiger partial charge in [0.2, 0.25) is 0 Å². The minimum absolute atomic E-state index is 0.235. The van der Waals surface area contributed by atoms with Crippen LogP contribution in [0.1, 0.15) is 12.8 Å². The fourth-order valence-corrected chi connectivity index (χ4v) is 2.47. The lowest BCUT2D eigenvalue weighted by atomic mass is 9.80. The first kappa shape index (κ1) is 9.28. The van der Waals surface area contributed by atoms with E-state index in [1.807, 2.05) is 0 Å². The summed E-state index contributed by atoms with van der Waals surface area (Å²) in [6.45, 7) is 0. The van der Waals surface area contributed by atoms with Gasteiger partial charge in [-0.2, -0.15) is 0 Å². The molecular formula is C8H8Cl2O3. The Morgan fingerprint density at radius 3 is 1.77 bits per heavy atom. The van der Waals surface area contributed by atoms with Crippen molar-refractivity contribution in [3.8, 4) is 0 Å². The molecule has 0 N–H and O–H groups in total. The average Bonchev–Trinajstić information content (AvgIpc) is 2.31. The van der Waals surface area contributed by atoms with Crippen molar-refractivity contribution >= 4 is 35.1 Å². The SMILES string of the molecule is O=C1OC(=O)[C@@H]2C[C@H](Cl)[C@H](Cl)C[C@@H]12. The van der Waals surface area contributed by atoms with Gasteiger partial charge in [-0.3, -0.25) is 9.59 Å². The van der Waals surface area contributed by atoms with Crippen molar-refractivity contribution in [1.29, 1.82) is 0 Å². The molecule has 0 spiro atoms. The molecular weight excluding hydrogens is 215 g/mol. The molecule has 1 saturated carbocycles. The third kappa shape index (κ3) is 1.44. The largest absolute Gasteiger partial charge is 0.393 e. The molecule has 1 saturated heterocycles. The maximum Gasteiger partial charge on any atom is 0.317 e. The third-order valence-electron chi connectivity index (χ3n) is 2.64. The molecule has 2 fully saturated rings. The molecule has 3 nitrogen and oxygen atoms in total. The summed E-state index contributed by atoms with van der Waals surface area (Å²) >= 11 is 11.8. The summed E-state index contributed by atoms with van der Waals surface area (Å²) < 4.78 is 4.51. The molecule has 1 aliphatic carbocycles. The molecule has 0 unspecified atom stereocenters. The molecule has 13 heavy (non-hydrogen) atoms. The van der Waals surface area contributed by atoms with Gasteiger partial charge in [-0.05, 0) is 12.8 Å². The van der Waals surface area contributed by atoms with Crippen LogP contribution in [0, 0.1) is 11.8 Å². The predicted molar refractivity (Wildman–Crippen MR) is 46.6 cm³/mol. The standard InChI is InChI=1S/C8H8Cl2O3/c9-5-1-3-4(2-6(5)10)8(12)13-7(3)11/h3-6H,1-2H2/t3-,4-,5-,6+/m1/s1. The lowest BCUT2D eigenvalue weighted by molar-refractivity contribution is -0.153. The van der Waals surface area contributed by atoms with E-state index in [9.17, 15) is 9.59 Å². The molecule has 72 valence electrons. The smallest absolute Gasteiger partial charge is 0.317 e. The van der Waals surface area contributed by atoms with Crippen LogP contribution in [0.4, 0.5) is 0 Å². The topological polar surface area (TPSA) is 43.4 Å². The second-order valence-electron chi connectivity index (χ2n) is 3.46. The third-order valence-corrected chi connectivity index (χ3v) is 3.74. The Morgan fingerprint density at radius 1 is 1.00 bits per heavy atom. The number of rotatable bonds is 0. The zero-order valence-electron chi connectivity index (χ0n) is 6.70. The second-order valence-corrected chi connectivity index (χ2v) is 4.58. The van der Waals surface area contributed by atoms with Crippen molar-refractivity contribution in [2.45, 2.75) is 23.6 Å². The van der Waals surface area contributed by atoms with E-state index in [0.717, 1.165) is 0 Å². The van der Waals surface area contributed by atoms with Gasteiger partial charge in [0.1, 0.15) is 0 Å². The quantitative estimate of drug-likeness (QED) is 0.353. The van der Waals surface area contributed by atoms with Crippen LogP contribution in [0.15, 0.2) is 0 Å². The van der Waals surface area contributed by atoms with Gasteiger partial charge in [-0.1, -0.05) is 0 Å². The Morgan fingerprint density at radius 2 is 1.38 bits per heavy atom. The molecule has 0 aromatic heterocycles. The van der Waals surface area contributed by atoms with Gasteiger partial charge in [0.15, 0.2) is 0 Å². The number of alkyl halides is 2. The number of hydrogen-bond acceptors (Lipinski definition) is 3. The maximum absolute atomic E-state index is 11.1. The van der Waals surface area contributed by atoms with Crippen molar-refractivity contribution < 1.29 is 14.3 Å². The highest BCUT2D eigenvalue weighted by atomic mass is 35.5. The zero-order chi connectivity index (χ0) is 9.59. The number of fused-ring (bicyclic) bond motifs is 1. The maximum atomic E-state index is 11.1. The van der Waals surface area contributed by atoms with Gasteiger partial charge in [0, 0.05) is 0 Å². The Kier molecular flexibility index (Phi) is 2.24. The number of esters is 2. The number of halogens is 2. The minimum atomic E-state index is -0.441. The Hall–Kier alpha value is -0.280. The molecule has 1 heterocycles. The van der Waals surface area contributed by atoms with Crippen LogP contribution in [0.25, 0.3) is 0 Å². The highest BCUT2D eigenvalue weighted by Gasteiger charge is 2.49. The fourth-order valence-electron chi connectivity index (χ4n) is 1.88. The molecule has 5 heteroatoms. The first-order valence-electron chi connectivity index (χ1n) is 4.13. The molecule has 1 aliphatic heterocycles. The number of carbonyl (C=O) groups excluding carboxylic acids is 2. The summed E-state index contributed by atoms with van der Waals surface area (Å²) in [6, 6.07) is 0. The summed E-state index contributed by atoms with van der Waals surface area (Å²) in [5.41, 5.74) is 0. The molecule has 2 aliphatic rings. The van der Waals surface area contributed by atoms with Gasteiger partial charge in [0.25, 0.3) is 0 Å². The minimum Gasteiger partial charge on any atom is -0.393 e. The molecule has 0 bridgehead atoms. The van der Waals surface area contributed by atoms with Crippen LogP contribution in [0.3, 0.4) is 0 Å². The Labute approximate surface area is 85.3 Å². The summed E-state index contributed by atoms with van der Waals surface area (Å²) in [6.07, 6.45) is 0.899. The number of ether oxygens (including phenoxy) is 1. The lowest BCUT2D eigenvalue weighted by Crippen LogP contribution is -2.34. The van der Waals surface area contributed by atoms with E-state index >= 15 is 0 Å². The Bertz CT molecular complexity index is 240. The van der Waals surface area contributed by atoms with Crippen LogP contribution in [-0.4, -0.2) is 22.7 Å². The average molecular weight is 223 g/mol. The first-order valence-corrected chi connectivity index (χ1v) is 5.00. The van der Waals surface area contributed by atoms with Crippen LogP contribution >= 0.6 is 23.2 Å². The number of cyclic esters (lactones) is 2. The van der Waals surface area contributed by atoms with Crippen LogP contribution in [0.2, 0.25) is 0 Å². The molecule has 0 radical (unpaired) electrons. The van der Waals surface area contributed by atoms with Crippen molar-refractivity contribution in [3.05, 3.63) is 0 Å². The lowest BCUT2D eigenvalue weighted by Gasteiger charge is -2.27. The summed E-state index contributed by atoms with van der Waals surface area (Å²) in [7, 11) is 0. The van der Waals surface area contributed by atoms with E-state index in [1.165, 1.54) is 0 Å². The molecule has 0 aromatic rings. The highest BCUT2D eigenvalue weighted by Crippen LogP contribution is 2.40. The predicted octanol–water partition coefficient (Wildman–Crippen LogP) is 1.31. The van der Waals surface area contributed by atoms with Crippen molar-refractivity contribution in [2.75, 3.05) is 0 Å². The summed E-state index contributed by atoms with van der Waals surface area (Å²) in [4.78, 5) is 22.3. The molecule has 2 rings (SSSR count). The summed E-state index contributed by atoms with van der Waals surface area (Å²) in [5.74, 6) is -1.59. The highest BCUT2D eigenvalue weighted by molar-refractivity contribution is 6.30. The van der Waals surface area contributed by atoms with Crippen LogP contribution in [-0.2, 0) is 14.3 Å². The fraction of sp³-hybridized carbons (Fsp3) is 0.750. The van der Waals surface area contributed by atoms with Gasteiger partial charge in [-0.15, -0.1) is 23.2 Å².